The number of hydrogen-bond acceptors (Lipinski definition) is 3. The van der Waals surface area contributed by atoms with Gasteiger partial charge in [-0.15, -0.1) is 0 Å². The molecule has 0 fully saturated rings. The molecule has 2 aromatic rings. The highest BCUT2D eigenvalue weighted by atomic mass is 16.5. The van der Waals surface area contributed by atoms with Gasteiger partial charge in [0.15, 0.2) is 0 Å². The van der Waals surface area contributed by atoms with Crippen molar-refractivity contribution in [2.75, 3.05) is 6.61 Å². The van der Waals surface area contributed by atoms with E-state index in [1.807, 2.05) is 6.07 Å². The van der Waals surface area contributed by atoms with Crippen molar-refractivity contribution in [2.24, 2.45) is 0 Å². The third-order valence-corrected chi connectivity index (χ3v) is 2.79. The van der Waals surface area contributed by atoms with Crippen LogP contribution >= 0.6 is 0 Å². The van der Waals surface area contributed by atoms with E-state index in [2.05, 4.69) is 6.92 Å². The van der Waals surface area contributed by atoms with Crippen LogP contribution in [0.25, 0.3) is 10.8 Å². The number of phenolic OH excluding ortho intramolecular Hbond substituents is 1. The predicted molar refractivity (Wildman–Crippen MR) is 70.8 cm³/mol. The summed E-state index contributed by atoms with van der Waals surface area (Å²) in [5.41, 5.74) is 0.546. The van der Waals surface area contributed by atoms with Crippen molar-refractivity contribution in [1.29, 1.82) is 0 Å². The minimum Gasteiger partial charge on any atom is -0.508 e. The van der Waals surface area contributed by atoms with E-state index in [1.54, 1.807) is 30.3 Å². The van der Waals surface area contributed by atoms with Crippen LogP contribution in [0.1, 0.15) is 30.1 Å². The average molecular weight is 244 g/mol. The topological polar surface area (TPSA) is 46.5 Å². The van der Waals surface area contributed by atoms with Gasteiger partial charge < -0.3 is 9.84 Å². The summed E-state index contributed by atoms with van der Waals surface area (Å²) in [7, 11) is 0. The van der Waals surface area contributed by atoms with Crippen LogP contribution in [0.15, 0.2) is 36.4 Å². The second kappa shape index (κ2) is 5.54. The Labute approximate surface area is 106 Å². The van der Waals surface area contributed by atoms with Crippen molar-refractivity contribution in [3.8, 4) is 5.75 Å². The highest BCUT2D eigenvalue weighted by Gasteiger charge is 2.07. The van der Waals surface area contributed by atoms with Gasteiger partial charge in [-0.1, -0.05) is 25.5 Å². The Morgan fingerprint density at radius 3 is 2.67 bits per heavy atom. The molecular weight excluding hydrogens is 228 g/mol. The van der Waals surface area contributed by atoms with Crippen LogP contribution in [0.3, 0.4) is 0 Å². The molecule has 0 aliphatic carbocycles. The Hall–Kier alpha value is -2.03. The Bertz CT molecular complexity index is 561. The van der Waals surface area contributed by atoms with Crippen molar-refractivity contribution in [3.63, 3.8) is 0 Å². The van der Waals surface area contributed by atoms with Crippen LogP contribution < -0.4 is 0 Å². The van der Waals surface area contributed by atoms with Gasteiger partial charge in [0, 0.05) is 0 Å². The lowest BCUT2D eigenvalue weighted by Gasteiger charge is -2.05. The molecule has 0 aliphatic rings. The molecule has 0 saturated heterocycles. The number of esters is 1. The lowest BCUT2D eigenvalue weighted by Crippen LogP contribution is -2.06. The zero-order valence-corrected chi connectivity index (χ0v) is 10.3. The first-order valence-corrected chi connectivity index (χ1v) is 6.10. The van der Waals surface area contributed by atoms with Gasteiger partial charge in [0.1, 0.15) is 5.75 Å². The molecule has 0 aromatic heterocycles. The number of ether oxygens (including phenoxy) is 1. The molecule has 0 atom stereocenters. The van der Waals surface area contributed by atoms with E-state index in [-0.39, 0.29) is 11.7 Å². The molecule has 3 heteroatoms. The summed E-state index contributed by atoms with van der Waals surface area (Å²) in [5.74, 6) is -0.0702. The van der Waals surface area contributed by atoms with E-state index in [9.17, 15) is 9.90 Å². The maximum Gasteiger partial charge on any atom is 0.338 e. The van der Waals surface area contributed by atoms with Gasteiger partial charge in [-0.25, -0.2) is 4.79 Å². The molecule has 0 radical (unpaired) electrons. The molecule has 18 heavy (non-hydrogen) atoms. The Kier molecular flexibility index (Phi) is 3.82. The lowest BCUT2D eigenvalue weighted by molar-refractivity contribution is 0.0500. The number of aromatic hydroxyl groups is 1. The highest BCUT2D eigenvalue weighted by Crippen LogP contribution is 2.21. The SMILES string of the molecule is CCCCOC(=O)c1ccc2cc(O)ccc2c1. The molecule has 3 nitrogen and oxygen atoms in total. The summed E-state index contributed by atoms with van der Waals surface area (Å²) in [6, 6.07) is 10.4. The third-order valence-electron chi connectivity index (χ3n) is 2.79. The minimum absolute atomic E-state index is 0.223. The van der Waals surface area contributed by atoms with Crippen molar-refractivity contribution >= 4 is 16.7 Å². The van der Waals surface area contributed by atoms with E-state index in [4.69, 9.17) is 4.74 Å². The zero-order chi connectivity index (χ0) is 13.0. The van der Waals surface area contributed by atoms with Crippen molar-refractivity contribution in [1.82, 2.24) is 0 Å². The van der Waals surface area contributed by atoms with Gasteiger partial charge in [0.25, 0.3) is 0 Å². The fourth-order valence-corrected chi connectivity index (χ4v) is 1.75. The van der Waals surface area contributed by atoms with E-state index < -0.39 is 0 Å². The lowest BCUT2D eigenvalue weighted by atomic mass is 10.1. The molecule has 0 heterocycles. The summed E-state index contributed by atoms with van der Waals surface area (Å²) in [6.45, 7) is 2.51. The average Bonchev–Trinajstić information content (AvgIpc) is 2.38. The third kappa shape index (κ3) is 2.80. The van der Waals surface area contributed by atoms with E-state index in [0.717, 1.165) is 23.6 Å². The summed E-state index contributed by atoms with van der Waals surface area (Å²) in [6.07, 6.45) is 1.89. The number of fused-ring (bicyclic) bond motifs is 1. The maximum atomic E-state index is 11.8. The largest absolute Gasteiger partial charge is 0.508 e. The minimum atomic E-state index is -0.293. The van der Waals surface area contributed by atoms with Crippen molar-refractivity contribution < 1.29 is 14.6 Å². The Morgan fingerprint density at radius 1 is 1.17 bits per heavy atom. The summed E-state index contributed by atoms with van der Waals surface area (Å²) in [4.78, 5) is 11.8. The first kappa shape index (κ1) is 12.4. The first-order valence-electron chi connectivity index (χ1n) is 6.10. The highest BCUT2D eigenvalue weighted by molar-refractivity contribution is 5.95. The van der Waals surface area contributed by atoms with Crippen LogP contribution in [0.4, 0.5) is 0 Å². The normalized spacial score (nSPS) is 10.5. The Balaban J connectivity index is 2.19. The monoisotopic (exact) mass is 244 g/mol. The number of benzene rings is 2. The molecular formula is C15H16O3. The number of unbranched alkanes of at least 4 members (excludes halogenated alkanes) is 1. The number of carbonyl (C=O) groups excluding carboxylic acids is 1. The molecule has 2 aromatic carbocycles. The molecule has 0 amide bonds. The molecule has 0 aliphatic heterocycles. The van der Waals surface area contributed by atoms with Crippen LogP contribution in [0, 0.1) is 0 Å². The second-order valence-electron chi connectivity index (χ2n) is 4.24. The van der Waals surface area contributed by atoms with Crippen molar-refractivity contribution in [3.05, 3.63) is 42.0 Å². The maximum absolute atomic E-state index is 11.8. The summed E-state index contributed by atoms with van der Waals surface area (Å²) >= 11 is 0. The smallest absolute Gasteiger partial charge is 0.338 e. The zero-order valence-electron chi connectivity index (χ0n) is 10.3. The molecule has 1 N–H and O–H groups in total. The number of phenols is 1. The van der Waals surface area contributed by atoms with E-state index in [1.165, 1.54) is 0 Å². The Morgan fingerprint density at radius 2 is 1.89 bits per heavy atom. The van der Waals surface area contributed by atoms with E-state index in [0.29, 0.717) is 12.2 Å². The summed E-state index contributed by atoms with van der Waals surface area (Å²) < 4.78 is 5.15. The standard InChI is InChI=1S/C15H16O3/c1-2-3-8-18-15(17)13-5-4-12-10-14(16)7-6-11(12)9-13/h4-7,9-10,16H,2-3,8H2,1H3. The van der Waals surface area contributed by atoms with E-state index >= 15 is 0 Å². The molecule has 0 spiro atoms. The van der Waals surface area contributed by atoms with Crippen LogP contribution in [-0.4, -0.2) is 17.7 Å². The van der Waals surface area contributed by atoms with Crippen LogP contribution in [0.2, 0.25) is 0 Å². The molecule has 0 bridgehead atoms. The van der Waals surface area contributed by atoms with Gasteiger partial charge in [-0.3, -0.25) is 0 Å². The van der Waals surface area contributed by atoms with Gasteiger partial charge in [0.05, 0.1) is 12.2 Å². The first-order chi connectivity index (χ1) is 8.70. The van der Waals surface area contributed by atoms with Gasteiger partial charge in [0.2, 0.25) is 0 Å². The fraction of sp³-hybridized carbons (Fsp3) is 0.267. The quantitative estimate of drug-likeness (QED) is 0.661. The van der Waals surface area contributed by atoms with Gasteiger partial charge in [-0.05, 0) is 41.5 Å². The second-order valence-corrected chi connectivity index (χ2v) is 4.24. The molecule has 94 valence electrons. The van der Waals surface area contributed by atoms with Gasteiger partial charge >= 0.3 is 5.97 Å². The van der Waals surface area contributed by atoms with Crippen LogP contribution in [0.5, 0.6) is 5.75 Å². The van der Waals surface area contributed by atoms with Gasteiger partial charge in [-0.2, -0.15) is 0 Å². The fourth-order valence-electron chi connectivity index (χ4n) is 1.75. The summed E-state index contributed by atoms with van der Waals surface area (Å²) in [5, 5.41) is 11.2. The predicted octanol–water partition coefficient (Wildman–Crippen LogP) is 3.50. The van der Waals surface area contributed by atoms with Crippen LogP contribution in [-0.2, 0) is 4.74 Å². The number of hydrogen-bond donors (Lipinski definition) is 1. The molecule has 0 saturated carbocycles. The molecule has 0 unspecified atom stereocenters. The van der Waals surface area contributed by atoms with Crippen molar-refractivity contribution in [2.45, 2.75) is 19.8 Å². The molecule has 2 rings (SSSR count). The number of rotatable bonds is 4. The number of carbonyl (C=O) groups is 1.